The van der Waals surface area contributed by atoms with E-state index in [9.17, 15) is 9.59 Å². The van der Waals surface area contributed by atoms with Crippen LogP contribution in [0.1, 0.15) is 41.5 Å². The molecule has 0 unspecified atom stereocenters. The van der Waals surface area contributed by atoms with Crippen molar-refractivity contribution >= 4 is 11.7 Å². The second-order valence-electron chi connectivity index (χ2n) is 6.00. The molecule has 18 heavy (non-hydrogen) atoms. The molecule has 2 atom stereocenters. The summed E-state index contributed by atoms with van der Waals surface area (Å²) in [5, 5.41) is 2.80. The molecule has 1 saturated carbocycles. The molecular weight excluding hydrogens is 226 g/mol. The van der Waals surface area contributed by atoms with Gasteiger partial charge in [0.15, 0.2) is 5.78 Å². The molecule has 1 amide bonds. The Morgan fingerprint density at radius 1 is 1.11 bits per heavy atom. The Bertz CT molecular complexity index is 426. The molecule has 1 fully saturated rings. The third-order valence-electron chi connectivity index (χ3n) is 3.45. The Morgan fingerprint density at radius 3 is 2.11 bits per heavy atom. The van der Waals surface area contributed by atoms with Gasteiger partial charge in [-0.2, -0.15) is 0 Å². The van der Waals surface area contributed by atoms with E-state index in [1.807, 2.05) is 13.8 Å². The van der Waals surface area contributed by atoms with Gasteiger partial charge in [-0.05, 0) is 45.1 Å². The van der Waals surface area contributed by atoms with Crippen LogP contribution in [-0.2, 0) is 9.59 Å². The summed E-state index contributed by atoms with van der Waals surface area (Å²) in [5.74, 6) is 0.261. The lowest BCUT2D eigenvalue weighted by molar-refractivity contribution is -0.122. The smallest absolute Gasteiger partial charge is 0.228 e. The zero-order valence-corrected chi connectivity index (χ0v) is 12.1. The highest BCUT2D eigenvalue weighted by atomic mass is 16.2. The maximum absolute atomic E-state index is 12.1. The molecule has 0 heterocycles. The summed E-state index contributed by atoms with van der Waals surface area (Å²) in [6.07, 6.45) is 3.61. The first-order valence-electron chi connectivity index (χ1n) is 6.31. The van der Waals surface area contributed by atoms with Crippen LogP contribution >= 0.6 is 0 Å². The Kier molecular flexibility index (Phi) is 4.15. The highest BCUT2D eigenvalue weighted by Crippen LogP contribution is 2.59. The number of ketones is 1. The van der Waals surface area contributed by atoms with E-state index >= 15 is 0 Å². The molecule has 0 spiro atoms. The first-order chi connectivity index (χ1) is 8.16. The van der Waals surface area contributed by atoms with Crippen molar-refractivity contribution in [2.24, 2.45) is 17.3 Å². The van der Waals surface area contributed by atoms with Crippen molar-refractivity contribution in [3.05, 3.63) is 23.4 Å². The van der Waals surface area contributed by atoms with E-state index in [1.165, 1.54) is 18.6 Å². The molecule has 0 aliphatic heterocycles. The third-order valence-corrected chi connectivity index (χ3v) is 3.45. The van der Waals surface area contributed by atoms with Crippen LogP contribution in [0.2, 0.25) is 0 Å². The maximum Gasteiger partial charge on any atom is 0.228 e. The standard InChI is InChI=1S/C15H23NO2/c1-9(2)7-12-13(15(12,5)6)14(18)16-10(3)8-11(4)17/h7-8,12-13H,1-6H3,(H,16,18)/b10-8+/t12-,13+/m1/s1. The summed E-state index contributed by atoms with van der Waals surface area (Å²) in [6, 6.07) is 0. The summed E-state index contributed by atoms with van der Waals surface area (Å²) in [5.41, 5.74) is 1.86. The van der Waals surface area contributed by atoms with Gasteiger partial charge in [0, 0.05) is 5.70 Å². The molecule has 100 valence electrons. The van der Waals surface area contributed by atoms with Crippen molar-refractivity contribution in [2.45, 2.75) is 41.5 Å². The predicted octanol–water partition coefficient (Wildman–Crippen LogP) is 2.83. The fraction of sp³-hybridized carbons (Fsp3) is 0.600. The van der Waals surface area contributed by atoms with E-state index < -0.39 is 0 Å². The van der Waals surface area contributed by atoms with E-state index in [0.29, 0.717) is 11.6 Å². The van der Waals surface area contributed by atoms with Crippen molar-refractivity contribution in [3.8, 4) is 0 Å². The van der Waals surface area contributed by atoms with Crippen LogP contribution in [-0.4, -0.2) is 11.7 Å². The number of carbonyl (C=O) groups is 2. The van der Waals surface area contributed by atoms with E-state index in [1.54, 1.807) is 6.92 Å². The molecule has 0 saturated heterocycles. The second kappa shape index (κ2) is 5.09. The van der Waals surface area contributed by atoms with Crippen molar-refractivity contribution in [1.29, 1.82) is 0 Å². The number of allylic oxidation sites excluding steroid dienone is 4. The Hall–Kier alpha value is -1.38. The topological polar surface area (TPSA) is 46.2 Å². The number of carbonyl (C=O) groups excluding carboxylic acids is 2. The van der Waals surface area contributed by atoms with E-state index in [2.05, 4.69) is 25.2 Å². The number of nitrogens with one attached hydrogen (secondary N) is 1. The minimum atomic E-state index is -0.0521. The molecule has 0 radical (unpaired) electrons. The van der Waals surface area contributed by atoms with Crippen LogP contribution in [0.15, 0.2) is 23.4 Å². The fourth-order valence-electron chi connectivity index (χ4n) is 2.46. The normalized spacial score (nSPS) is 25.3. The largest absolute Gasteiger partial charge is 0.330 e. The number of rotatable bonds is 4. The second-order valence-corrected chi connectivity index (χ2v) is 6.00. The van der Waals surface area contributed by atoms with Crippen LogP contribution in [0.25, 0.3) is 0 Å². The Labute approximate surface area is 109 Å². The van der Waals surface area contributed by atoms with Gasteiger partial charge < -0.3 is 5.32 Å². The molecule has 1 aliphatic rings. The fourth-order valence-corrected chi connectivity index (χ4v) is 2.46. The molecule has 3 nitrogen and oxygen atoms in total. The van der Waals surface area contributed by atoms with Gasteiger partial charge in [0.1, 0.15) is 0 Å². The summed E-state index contributed by atoms with van der Waals surface area (Å²) < 4.78 is 0. The van der Waals surface area contributed by atoms with Gasteiger partial charge in [-0.3, -0.25) is 9.59 Å². The lowest BCUT2D eigenvalue weighted by Crippen LogP contribution is -2.25. The van der Waals surface area contributed by atoms with Gasteiger partial charge in [-0.25, -0.2) is 0 Å². The monoisotopic (exact) mass is 249 g/mol. The van der Waals surface area contributed by atoms with Crippen molar-refractivity contribution in [3.63, 3.8) is 0 Å². The summed E-state index contributed by atoms with van der Waals surface area (Å²) >= 11 is 0. The number of hydrogen-bond acceptors (Lipinski definition) is 2. The molecule has 1 N–H and O–H groups in total. The van der Waals surface area contributed by atoms with E-state index in [0.717, 1.165) is 0 Å². The summed E-state index contributed by atoms with van der Waals surface area (Å²) in [7, 11) is 0. The number of amides is 1. The van der Waals surface area contributed by atoms with Crippen LogP contribution in [0, 0.1) is 17.3 Å². The lowest BCUT2D eigenvalue weighted by Gasteiger charge is -2.05. The first-order valence-corrected chi connectivity index (χ1v) is 6.31. The first kappa shape index (κ1) is 14.7. The van der Waals surface area contributed by atoms with Gasteiger partial charge in [0.2, 0.25) is 5.91 Å². The Morgan fingerprint density at radius 2 is 1.67 bits per heavy atom. The van der Waals surface area contributed by atoms with Gasteiger partial charge in [-0.1, -0.05) is 25.5 Å². The average molecular weight is 249 g/mol. The zero-order chi connectivity index (χ0) is 14.1. The van der Waals surface area contributed by atoms with E-state index in [4.69, 9.17) is 0 Å². The van der Waals surface area contributed by atoms with Crippen LogP contribution in [0.5, 0.6) is 0 Å². The molecule has 0 aromatic rings. The molecule has 3 heteroatoms. The Balaban J connectivity index is 2.70. The van der Waals surface area contributed by atoms with Gasteiger partial charge >= 0.3 is 0 Å². The van der Waals surface area contributed by atoms with Gasteiger partial charge in [-0.15, -0.1) is 0 Å². The van der Waals surface area contributed by atoms with Crippen molar-refractivity contribution in [1.82, 2.24) is 5.32 Å². The molecule has 1 rings (SSSR count). The van der Waals surface area contributed by atoms with Crippen LogP contribution < -0.4 is 5.32 Å². The minimum Gasteiger partial charge on any atom is -0.330 e. The summed E-state index contributed by atoms with van der Waals surface area (Å²) in [4.78, 5) is 23.0. The lowest BCUT2D eigenvalue weighted by atomic mass is 10.1. The highest BCUT2D eigenvalue weighted by molar-refractivity contribution is 5.90. The SMILES string of the molecule is CC(=O)/C=C(\C)NC(=O)[C@@H]1[C@@H](C=C(C)C)C1(C)C. The number of hydrogen-bond donors (Lipinski definition) is 1. The van der Waals surface area contributed by atoms with Crippen LogP contribution in [0.4, 0.5) is 0 Å². The van der Waals surface area contributed by atoms with Gasteiger partial charge in [0.05, 0.1) is 5.92 Å². The van der Waals surface area contributed by atoms with Crippen molar-refractivity contribution < 1.29 is 9.59 Å². The van der Waals surface area contributed by atoms with Crippen molar-refractivity contribution in [2.75, 3.05) is 0 Å². The zero-order valence-electron chi connectivity index (χ0n) is 12.1. The third kappa shape index (κ3) is 3.31. The molecule has 0 bridgehead atoms. The molecule has 1 aliphatic carbocycles. The molecular formula is C15H23NO2. The molecule has 0 aromatic carbocycles. The highest BCUT2D eigenvalue weighted by Gasteiger charge is 2.60. The molecule has 0 aromatic heterocycles. The quantitative estimate of drug-likeness (QED) is 0.615. The van der Waals surface area contributed by atoms with E-state index in [-0.39, 0.29) is 23.0 Å². The predicted molar refractivity (Wildman–Crippen MR) is 72.8 cm³/mol. The minimum absolute atomic E-state index is 0.00251. The average Bonchev–Trinajstić information content (AvgIpc) is 2.64. The summed E-state index contributed by atoms with van der Waals surface area (Å²) in [6.45, 7) is 11.5. The van der Waals surface area contributed by atoms with Crippen LogP contribution in [0.3, 0.4) is 0 Å². The van der Waals surface area contributed by atoms with Gasteiger partial charge in [0.25, 0.3) is 0 Å². The maximum atomic E-state index is 12.1.